The van der Waals surface area contributed by atoms with Crippen LogP contribution in [0, 0.1) is 24.0 Å². The Labute approximate surface area is 128 Å². The predicted octanol–water partition coefficient (Wildman–Crippen LogP) is 2.61. The van der Waals surface area contributed by atoms with Gasteiger partial charge in [0.1, 0.15) is 12.7 Å². The van der Waals surface area contributed by atoms with Crippen LogP contribution in [0.4, 0.5) is 11.5 Å². The summed E-state index contributed by atoms with van der Waals surface area (Å²) in [6, 6.07) is 5.85. The number of hydrogen-bond acceptors (Lipinski definition) is 4. The second-order valence-corrected chi connectivity index (χ2v) is 5.04. The van der Waals surface area contributed by atoms with Crippen molar-refractivity contribution in [1.82, 2.24) is 9.55 Å². The summed E-state index contributed by atoms with van der Waals surface area (Å²) in [6.07, 6.45) is 2.08. The van der Waals surface area contributed by atoms with E-state index in [-0.39, 0.29) is 18.3 Å². The van der Waals surface area contributed by atoms with Crippen LogP contribution in [-0.2, 0) is 17.8 Å². The lowest BCUT2D eigenvalue weighted by atomic mass is 10.1. The van der Waals surface area contributed by atoms with E-state index >= 15 is 0 Å². The van der Waals surface area contributed by atoms with Gasteiger partial charge >= 0.3 is 5.82 Å². The first-order valence-electron chi connectivity index (χ1n) is 6.99. The molecule has 2 aromatic rings. The number of para-hydroxylation sites is 1. The normalized spacial score (nSPS) is 10.5. The number of imidazole rings is 1. The minimum Gasteiger partial charge on any atom is -0.358 e. The van der Waals surface area contributed by atoms with Gasteiger partial charge in [0, 0.05) is 12.6 Å². The largest absolute Gasteiger partial charge is 0.381 e. The number of carbonyl (C=O) groups excluding carboxylic acids is 1. The molecule has 1 N–H and O–H groups in total. The van der Waals surface area contributed by atoms with Gasteiger partial charge in [-0.15, -0.1) is 0 Å². The topological polar surface area (TPSA) is 90.1 Å². The molecule has 0 fully saturated rings. The minimum atomic E-state index is -0.571. The molecule has 7 nitrogen and oxygen atoms in total. The molecule has 116 valence electrons. The van der Waals surface area contributed by atoms with Crippen LogP contribution >= 0.6 is 0 Å². The van der Waals surface area contributed by atoms with E-state index < -0.39 is 4.92 Å². The molecule has 0 saturated heterocycles. The fraction of sp³-hybridized carbons (Fsp3) is 0.333. The van der Waals surface area contributed by atoms with Crippen LogP contribution in [0.2, 0.25) is 0 Å². The van der Waals surface area contributed by atoms with Crippen molar-refractivity contribution < 1.29 is 9.72 Å². The molecule has 0 aliphatic carbocycles. The molecule has 0 radical (unpaired) electrons. The maximum atomic E-state index is 12.2. The fourth-order valence-corrected chi connectivity index (χ4v) is 2.28. The van der Waals surface area contributed by atoms with Crippen molar-refractivity contribution in [1.29, 1.82) is 0 Å². The summed E-state index contributed by atoms with van der Waals surface area (Å²) >= 11 is 0. The lowest BCUT2D eigenvalue weighted by molar-refractivity contribution is -0.389. The lowest BCUT2D eigenvalue weighted by Gasteiger charge is -2.13. The molecule has 1 aromatic heterocycles. The quantitative estimate of drug-likeness (QED) is 0.679. The number of nitro groups is 1. The highest BCUT2D eigenvalue weighted by molar-refractivity contribution is 5.92. The Morgan fingerprint density at radius 1 is 1.41 bits per heavy atom. The SMILES string of the molecule is CCc1cccc(C)c1NC(=O)Cn1cc([N+](=O)[O-])nc1C. The second-order valence-electron chi connectivity index (χ2n) is 5.04. The molecule has 0 bridgehead atoms. The highest BCUT2D eigenvalue weighted by atomic mass is 16.6. The Morgan fingerprint density at radius 3 is 2.73 bits per heavy atom. The maximum Gasteiger partial charge on any atom is 0.381 e. The molecule has 0 aliphatic rings. The van der Waals surface area contributed by atoms with Gasteiger partial charge in [-0.2, -0.15) is 0 Å². The number of aromatic nitrogens is 2. The van der Waals surface area contributed by atoms with Crippen molar-refractivity contribution in [2.24, 2.45) is 0 Å². The van der Waals surface area contributed by atoms with Crippen molar-refractivity contribution in [3.8, 4) is 0 Å². The van der Waals surface area contributed by atoms with Crippen molar-refractivity contribution >= 4 is 17.4 Å². The summed E-state index contributed by atoms with van der Waals surface area (Å²) in [4.78, 5) is 26.1. The number of amides is 1. The molecule has 0 atom stereocenters. The van der Waals surface area contributed by atoms with E-state index in [0.29, 0.717) is 5.82 Å². The highest BCUT2D eigenvalue weighted by Gasteiger charge is 2.17. The summed E-state index contributed by atoms with van der Waals surface area (Å²) in [5.41, 5.74) is 2.85. The van der Waals surface area contributed by atoms with Crippen LogP contribution in [0.5, 0.6) is 0 Å². The number of nitrogens with one attached hydrogen (secondary N) is 1. The van der Waals surface area contributed by atoms with E-state index in [1.807, 2.05) is 32.0 Å². The first kappa shape index (κ1) is 15.7. The highest BCUT2D eigenvalue weighted by Crippen LogP contribution is 2.21. The molecule has 0 spiro atoms. The summed E-state index contributed by atoms with van der Waals surface area (Å²) in [6.45, 7) is 5.57. The Kier molecular flexibility index (Phi) is 4.55. The third-order valence-corrected chi connectivity index (χ3v) is 3.47. The summed E-state index contributed by atoms with van der Waals surface area (Å²) in [7, 11) is 0. The zero-order chi connectivity index (χ0) is 16.3. The molecule has 1 amide bonds. The number of rotatable bonds is 5. The van der Waals surface area contributed by atoms with Gasteiger partial charge in [0.05, 0.1) is 0 Å². The minimum absolute atomic E-state index is 0.00976. The lowest BCUT2D eigenvalue weighted by Crippen LogP contribution is -2.20. The van der Waals surface area contributed by atoms with Crippen molar-refractivity contribution in [3.05, 3.63) is 51.5 Å². The standard InChI is InChI=1S/C15H18N4O3/c1-4-12-7-5-6-10(2)15(12)17-14(20)9-18-8-13(19(21)22)16-11(18)3/h5-8H,4,9H2,1-3H3,(H,17,20). The van der Waals surface area contributed by atoms with Gasteiger partial charge in [0.15, 0.2) is 0 Å². The first-order valence-corrected chi connectivity index (χ1v) is 6.99. The van der Waals surface area contributed by atoms with Gasteiger partial charge in [-0.25, -0.2) is 0 Å². The molecular formula is C15H18N4O3. The summed E-state index contributed by atoms with van der Waals surface area (Å²) in [5.74, 6) is -0.0582. The first-order chi connectivity index (χ1) is 10.4. The third kappa shape index (κ3) is 3.30. The number of carbonyl (C=O) groups is 1. The van der Waals surface area contributed by atoms with Gasteiger partial charge in [-0.05, 0) is 34.4 Å². The number of benzene rings is 1. The van der Waals surface area contributed by atoms with Crippen molar-refractivity contribution in [2.45, 2.75) is 33.7 Å². The zero-order valence-corrected chi connectivity index (χ0v) is 12.8. The number of anilines is 1. The van der Waals surface area contributed by atoms with Crippen LogP contribution in [0.15, 0.2) is 24.4 Å². The zero-order valence-electron chi connectivity index (χ0n) is 12.8. The number of hydrogen-bond donors (Lipinski definition) is 1. The van der Waals surface area contributed by atoms with Crippen LogP contribution in [0.25, 0.3) is 0 Å². The average molecular weight is 302 g/mol. The van der Waals surface area contributed by atoms with Crippen LogP contribution < -0.4 is 5.32 Å². The Morgan fingerprint density at radius 2 is 2.14 bits per heavy atom. The summed E-state index contributed by atoms with van der Waals surface area (Å²) in [5, 5.41) is 13.6. The van der Waals surface area contributed by atoms with E-state index in [9.17, 15) is 14.9 Å². The number of nitrogens with zero attached hydrogens (tertiary/aromatic N) is 3. The van der Waals surface area contributed by atoms with Crippen LogP contribution in [0.3, 0.4) is 0 Å². The molecule has 22 heavy (non-hydrogen) atoms. The van der Waals surface area contributed by atoms with E-state index in [4.69, 9.17) is 0 Å². The van der Waals surface area contributed by atoms with Crippen molar-refractivity contribution in [3.63, 3.8) is 0 Å². The molecule has 0 unspecified atom stereocenters. The number of aryl methyl sites for hydroxylation is 3. The van der Waals surface area contributed by atoms with Gasteiger partial charge < -0.3 is 15.4 Å². The second kappa shape index (κ2) is 6.38. The van der Waals surface area contributed by atoms with E-state index in [1.54, 1.807) is 6.92 Å². The van der Waals surface area contributed by atoms with Crippen LogP contribution in [0.1, 0.15) is 23.9 Å². The third-order valence-electron chi connectivity index (χ3n) is 3.47. The van der Waals surface area contributed by atoms with Gasteiger partial charge in [-0.1, -0.05) is 25.1 Å². The van der Waals surface area contributed by atoms with E-state index in [1.165, 1.54) is 10.8 Å². The smallest absolute Gasteiger partial charge is 0.358 e. The molecule has 2 rings (SSSR count). The van der Waals surface area contributed by atoms with E-state index in [2.05, 4.69) is 10.3 Å². The van der Waals surface area contributed by atoms with Gasteiger partial charge in [-0.3, -0.25) is 9.36 Å². The van der Waals surface area contributed by atoms with Crippen LogP contribution in [-0.4, -0.2) is 20.4 Å². The maximum absolute atomic E-state index is 12.2. The molecule has 1 heterocycles. The Balaban J connectivity index is 2.16. The monoisotopic (exact) mass is 302 g/mol. The molecule has 1 aromatic carbocycles. The van der Waals surface area contributed by atoms with Crippen molar-refractivity contribution in [2.75, 3.05) is 5.32 Å². The molecule has 7 heteroatoms. The molecular weight excluding hydrogens is 284 g/mol. The Bertz CT molecular complexity index is 722. The Hall–Kier alpha value is -2.70. The summed E-state index contributed by atoms with van der Waals surface area (Å²) < 4.78 is 1.47. The predicted molar refractivity (Wildman–Crippen MR) is 82.8 cm³/mol. The molecule has 0 aliphatic heterocycles. The van der Waals surface area contributed by atoms with Gasteiger partial charge in [0.2, 0.25) is 11.7 Å². The average Bonchev–Trinajstić information content (AvgIpc) is 2.82. The molecule has 0 saturated carbocycles. The van der Waals surface area contributed by atoms with E-state index in [0.717, 1.165) is 23.2 Å². The fourth-order valence-electron chi connectivity index (χ4n) is 2.28. The van der Waals surface area contributed by atoms with Gasteiger partial charge in [0.25, 0.3) is 0 Å².